The molecule has 34 heavy (non-hydrogen) atoms. The molecule has 4 rings (SSSR count). The van der Waals surface area contributed by atoms with Gasteiger partial charge in [-0.25, -0.2) is 18.9 Å². The van der Waals surface area contributed by atoms with Gasteiger partial charge in [-0.15, -0.1) is 0 Å². The predicted octanol–water partition coefficient (Wildman–Crippen LogP) is 4.19. The molecule has 2 amide bonds. The van der Waals surface area contributed by atoms with E-state index < -0.39 is 5.82 Å². The first-order chi connectivity index (χ1) is 16.4. The van der Waals surface area contributed by atoms with Crippen LogP contribution in [0.1, 0.15) is 24.7 Å². The summed E-state index contributed by atoms with van der Waals surface area (Å²) in [6.45, 7) is 7.39. The Morgan fingerprint density at radius 1 is 1.18 bits per heavy atom. The zero-order valence-corrected chi connectivity index (χ0v) is 20.1. The molecule has 0 unspecified atom stereocenters. The van der Waals surface area contributed by atoms with Gasteiger partial charge in [0.2, 0.25) is 0 Å². The summed E-state index contributed by atoms with van der Waals surface area (Å²) in [4.78, 5) is 21.0. The number of carbonyl (C=O) groups is 1. The molecular formula is C24H28ClFN6O2. The number of amides is 2. The van der Waals surface area contributed by atoms with Crippen molar-refractivity contribution in [3.05, 3.63) is 65.0 Å². The van der Waals surface area contributed by atoms with Crippen molar-refractivity contribution in [2.24, 2.45) is 0 Å². The zero-order chi connectivity index (χ0) is 24.1. The first kappa shape index (κ1) is 23.8. The lowest BCUT2D eigenvalue weighted by Gasteiger charge is -2.25. The van der Waals surface area contributed by atoms with Crippen molar-refractivity contribution in [1.82, 2.24) is 25.0 Å². The number of urea groups is 1. The first-order valence-electron chi connectivity index (χ1n) is 11.3. The highest BCUT2D eigenvalue weighted by Crippen LogP contribution is 2.29. The Morgan fingerprint density at radius 3 is 2.76 bits per heavy atom. The molecule has 2 aromatic carbocycles. The van der Waals surface area contributed by atoms with E-state index in [1.807, 2.05) is 32.0 Å². The lowest BCUT2D eigenvalue weighted by molar-refractivity contribution is 0.201. The number of hydrogen-bond acceptors (Lipinski definition) is 5. The van der Waals surface area contributed by atoms with Crippen LogP contribution in [0.15, 0.2) is 42.7 Å². The van der Waals surface area contributed by atoms with Crippen molar-refractivity contribution in [3.8, 4) is 11.4 Å². The highest BCUT2D eigenvalue weighted by atomic mass is 35.5. The molecule has 180 valence electrons. The standard InChI is InChI=1S/C24H28ClFN6O2/c1-3-34-23-14-19(6-8-22(23)32-16-28-17(2)29-32)30-9-4-10-31(12-11-30)24(33)27-15-18-5-7-21(26)20(25)13-18/h5-8,13-14,16H,3-4,9-12,15H2,1-2H3,(H,27,33). The quantitative estimate of drug-likeness (QED) is 0.565. The molecule has 3 aromatic rings. The van der Waals surface area contributed by atoms with Crippen LogP contribution >= 0.6 is 11.6 Å². The summed E-state index contributed by atoms with van der Waals surface area (Å²) < 4.78 is 20.9. The van der Waals surface area contributed by atoms with Gasteiger partial charge in [0, 0.05) is 44.5 Å². The molecule has 1 N–H and O–H groups in total. The molecule has 1 fully saturated rings. The van der Waals surface area contributed by atoms with Gasteiger partial charge in [-0.1, -0.05) is 17.7 Å². The Bertz CT molecular complexity index is 1150. The van der Waals surface area contributed by atoms with E-state index in [1.165, 1.54) is 12.1 Å². The van der Waals surface area contributed by atoms with Crippen LogP contribution < -0.4 is 15.0 Å². The summed E-state index contributed by atoms with van der Waals surface area (Å²) in [7, 11) is 0. The highest BCUT2D eigenvalue weighted by molar-refractivity contribution is 6.30. The monoisotopic (exact) mass is 486 g/mol. The fourth-order valence-corrected chi connectivity index (χ4v) is 4.14. The average molecular weight is 487 g/mol. The van der Waals surface area contributed by atoms with Gasteiger partial charge in [-0.2, -0.15) is 5.10 Å². The fraction of sp³-hybridized carbons (Fsp3) is 0.375. The van der Waals surface area contributed by atoms with Gasteiger partial charge >= 0.3 is 6.03 Å². The van der Waals surface area contributed by atoms with Crippen LogP contribution in [0.4, 0.5) is 14.9 Å². The summed E-state index contributed by atoms with van der Waals surface area (Å²) in [5, 5.41) is 7.35. The number of nitrogens with one attached hydrogen (secondary N) is 1. The number of anilines is 1. The molecule has 1 aromatic heterocycles. The number of hydrogen-bond donors (Lipinski definition) is 1. The fourth-order valence-electron chi connectivity index (χ4n) is 3.94. The largest absolute Gasteiger partial charge is 0.492 e. The van der Waals surface area contributed by atoms with E-state index in [1.54, 1.807) is 22.0 Å². The third-order valence-corrected chi connectivity index (χ3v) is 5.96. The molecule has 0 bridgehead atoms. The zero-order valence-electron chi connectivity index (χ0n) is 19.3. The molecule has 1 aliphatic heterocycles. The van der Waals surface area contributed by atoms with Crippen LogP contribution in [0.5, 0.6) is 5.75 Å². The van der Waals surface area contributed by atoms with E-state index in [0.29, 0.717) is 38.6 Å². The van der Waals surface area contributed by atoms with Gasteiger partial charge in [0.05, 0.1) is 11.6 Å². The van der Waals surface area contributed by atoms with Crippen molar-refractivity contribution >= 4 is 23.3 Å². The molecule has 0 atom stereocenters. The predicted molar refractivity (Wildman–Crippen MR) is 129 cm³/mol. The number of halogens is 2. The van der Waals surface area contributed by atoms with Crippen LogP contribution in [-0.2, 0) is 6.54 Å². The minimum atomic E-state index is -0.471. The van der Waals surface area contributed by atoms with E-state index in [-0.39, 0.29) is 11.1 Å². The van der Waals surface area contributed by atoms with Gasteiger partial charge in [0.25, 0.3) is 0 Å². The molecule has 2 heterocycles. The average Bonchev–Trinajstić information content (AvgIpc) is 3.11. The van der Waals surface area contributed by atoms with E-state index in [2.05, 4.69) is 20.3 Å². The van der Waals surface area contributed by atoms with Crippen LogP contribution in [0.3, 0.4) is 0 Å². The van der Waals surface area contributed by atoms with E-state index >= 15 is 0 Å². The smallest absolute Gasteiger partial charge is 0.317 e. The molecule has 10 heteroatoms. The Labute approximate surface area is 203 Å². The number of ether oxygens (including phenoxy) is 1. The van der Waals surface area contributed by atoms with Crippen LogP contribution in [-0.4, -0.2) is 58.5 Å². The molecule has 8 nitrogen and oxygen atoms in total. The Balaban J connectivity index is 1.39. The van der Waals surface area contributed by atoms with Gasteiger partial charge in [0.15, 0.2) is 0 Å². The lowest BCUT2D eigenvalue weighted by Crippen LogP contribution is -2.41. The Hall–Kier alpha value is -3.33. The number of aromatic nitrogens is 3. The summed E-state index contributed by atoms with van der Waals surface area (Å²) in [6.07, 6.45) is 2.51. The maximum atomic E-state index is 13.3. The molecule has 0 saturated carbocycles. The normalized spacial score (nSPS) is 14.1. The maximum Gasteiger partial charge on any atom is 0.317 e. The second-order valence-corrected chi connectivity index (χ2v) is 8.46. The highest BCUT2D eigenvalue weighted by Gasteiger charge is 2.20. The van der Waals surface area contributed by atoms with E-state index in [9.17, 15) is 9.18 Å². The van der Waals surface area contributed by atoms with Gasteiger partial charge in [0.1, 0.15) is 29.4 Å². The summed E-state index contributed by atoms with van der Waals surface area (Å²) in [5.74, 6) is 0.961. The van der Waals surface area contributed by atoms with Crippen molar-refractivity contribution in [3.63, 3.8) is 0 Å². The van der Waals surface area contributed by atoms with E-state index in [0.717, 1.165) is 35.7 Å². The summed E-state index contributed by atoms with van der Waals surface area (Å²) in [6, 6.07) is 10.4. The van der Waals surface area contributed by atoms with Crippen LogP contribution in [0.2, 0.25) is 5.02 Å². The Morgan fingerprint density at radius 2 is 2.03 bits per heavy atom. The second kappa shape index (κ2) is 10.7. The number of carbonyl (C=O) groups excluding carboxylic acids is 1. The van der Waals surface area contributed by atoms with Crippen molar-refractivity contribution in [1.29, 1.82) is 0 Å². The first-order valence-corrected chi connectivity index (χ1v) is 11.7. The number of benzene rings is 2. The van der Waals surface area contributed by atoms with E-state index in [4.69, 9.17) is 16.3 Å². The minimum absolute atomic E-state index is 0.0496. The number of aryl methyl sites for hydroxylation is 1. The topological polar surface area (TPSA) is 75.5 Å². The summed E-state index contributed by atoms with van der Waals surface area (Å²) >= 11 is 5.83. The van der Waals surface area contributed by atoms with Crippen molar-refractivity contribution in [2.45, 2.75) is 26.8 Å². The van der Waals surface area contributed by atoms with Crippen LogP contribution in [0, 0.1) is 12.7 Å². The molecule has 0 radical (unpaired) electrons. The van der Waals surface area contributed by atoms with Crippen molar-refractivity contribution in [2.75, 3.05) is 37.7 Å². The third-order valence-electron chi connectivity index (χ3n) is 5.67. The SMILES string of the molecule is CCOc1cc(N2CCCN(C(=O)NCc3ccc(F)c(Cl)c3)CC2)ccc1-n1cnc(C)n1. The van der Waals surface area contributed by atoms with Crippen molar-refractivity contribution < 1.29 is 13.9 Å². The minimum Gasteiger partial charge on any atom is -0.492 e. The Kier molecular flexibility index (Phi) is 7.52. The third kappa shape index (κ3) is 5.59. The molecule has 0 spiro atoms. The van der Waals surface area contributed by atoms with Crippen LogP contribution in [0.25, 0.3) is 5.69 Å². The van der Waals surface area contributed by atoms with Gasteiger partial charge < -0.3 is 19.9 Å². The molecule has 0 aliphatic carbocycles. The second-order valence-electron chi connectivity index (χ2n) is 8.06. The number of nitrogens with zero attached hydrogens (tertiary/aromatic N) is 5. The molecule has 1 aliphatic rings. The lowest BCUT2D eigenvalue weighted by atomic mass is 10.2. The van der Waals surface area contributed by atoms with Gasteiger partial charge in [-0.3, -0.25) is 0 Å². The maximum absolute atomic E-state index is 13.3. The molecule has 1 saturated heterocycles. The number of rotatable bonds is 6. The summed E-state index contributed by atoms with van der Waals surface area (Å²) in [5.41, 5.74) is 2.62. The molecular weight excluding hydrogens is 459 g/mol. The van der Waals surface area contributed by atoms with Gasteiger partial charge in [-0.05, 0) is 50.1 Å².